The molecule has 76 heavy (non-hydrogen) atoms. The Hall–Kier alpha value is -6.20. The molecule has 3 amide bonds. The zero-order valence-corrected chi connectivity index (χ0v) is 44.6. The fourth-order valence-corrected chi connectivity index (χ4v) is 10.8. The number of ketones is 1. The molecular formula is C50H74N12O13S. The Labute approximate surface area is 441 Å². The number of aliphatic carboxylic acids is 1. The molecule has 2 aromatic carbocycles. The number of aliphatic hydroxyl groups is 4. The van der Waals surface area contributed by atoms with Gasteiger partial charge in [-0.25, -0.2) is 13.4 Å². The highest BCUT2D eigenvalue weighted by Crippen LogP contribution is 2.22. The van der Waals surface area contributed by atoms with Crippen LogP contribution in [-0.2, 0) is 42.3 Å². The normalized spacial score (nSPS) is 15.7. The van der Waals surface area contributed by atoms with E-state index in [-0.39, 0.29) is 94.3 Å². The van der Waals surface area contributed by atoms with Gasteiger partial charge in [-0.3, -0.25) is 48.4 Å². The van der Waals surface area contributed by atoms with Crippen molar-refractivity contribution in [2.24, 2.45) is 0 Å². The van der Waals surface area contributed by atoms with Crippen LogP contribution in [0.2, 0.25) is 0 Å². The van der Waals surface area contributed by atoms with Crippen molar-refractivity contribution in [3.8, 4) is 0 Å². The van der Waals surface area contributed by atoms with Gasteiger partial charge in [0.15, 0.2) is 18.5 Å². The van der Waals surface area contributed by atoms with E-state index in [0.717, 1.165) is 11.1 Å². The number of aromatic nitrogens is 3. The molecule has 1 unspecified atom stereocenters. The highest BCUT2D eigenvalue weighted by Gasteiger charge is 2.28. The highest BCUT2D eigenvalue weighted by atomic mass is 32.2. The van der Waals surface area contributed by atoms with Crippen molar-refractivity contribution in [3.63, 3.8) is 0 Å². The quantitative estimate of drug-likeness (QED) is 0.0259. The molecular weight excluding hydrogens is 1010 g/mol. The minimum atomic E-state index is -4.21. The third kappa shape index (κ3) is 18.5. The van der Waals surface area contributed by atoms with Crippen LogP contribution in [0.1, 0.15) is 59.3 Å². The van der Waals surface area contributed by atoms with Gasteiger partial charge in [0.1, 0.15) is 17.4 Å². The minimum Gasteiger partial charge on any atom is -0.480 e. The van der Waals surface area contributed by atoms with Crippen molar-refractivity contribution < 1.29 is 57.9 Å². The maximum atomic E-state index is 14.0. The summed E-state index contributed by atoms with van der Waals surface area (Å²) < 4.78 is 31.3. The summed E-state index contributed by atoms with van der Waals surface area (Å²) in [7, 11) is -4.21. The van der Waals surface area contributed by atoms with Crippen LogP contribution in [0.15, 0.2) is 58.6 Å². The minimum absolute atomic E-state index is 0.0243. The Bertz CT molecular complexity index is 2770. The molecule has 25 nitrogen and oxygen atoms in total. The van der Waals surface area contributed by atoms with Gasteiger partial charge >= 0.3 is 5.97 Å². The summed E-state index contributed by atoms with van der Waals surface area (Å²) in [5.41, 5.74) is 2.23. The lowest BCUT2D eigenvalue weighted by atomic mass is 10.1. The van der Waals surface area contributed by atoms with Gasteiger partial charge in [0.2, 0.25) is 27.3 Å². The van der Waals surface area contributed by atoms with Crippen LogP contribution < -0.4 is 31.4 Å². The number of carbonyl (C=O) groups is 5. The summed E-state index contributed by atoms with van der Waals surface area (Å²) in [4.78, 5) is 93.7. The van der Waals surface area contributed by atoms with E-state index in [1.165, 1.54) is 13.1 Å². The lowest BCUT2D eigenvalue weighted by molar-refractivity contribution is -0.138. The zero-order chi connectivity index (χ0) is 55.7. The average molecular weight is 1080 g/mol. The van der Waals surface area contributed by atoms with E-state index in [1.54, 1.807) is 87.7 Å². The lowest BCUT2D eigenvalue weighted by Crippen LogP contribution is -2.52. The maximum Gasteiger partial charge on any atom is 0.317 e. The van der Waals surface area contributed by atoms with Crippen LogP contribution in [-0.4, -0.2) is 214 Å². The molecule has 0 radical (unpaired) electrons. The molecule has 1 fully saturated rings. The number of anilines is 1. The van der Waals surface area contributed by atoms with Crippen molar-refractivity contribution in [3.05, 3.63) is 87.0 Å². The lowest BCUT2D eigenvalue weighted by Gasteiger charge is -2.34. The molecule has 1 aliphatic heterocycles. The second-order valence-corrected chi connectivity index (χ2v) is 20.8. The van der Waals surface area contributed by atoms with Crippen molar-refractivity contribution in [1.82, 2.24) is 54.8 Å². The number of amides is 3. The first kappa shape index (κ1) is 60.7. The average Bonchev–Trinajstić information content (AvgIpc) is 3.87. The molecule has 418 valence electrons. The summed E-state index contributed by atoms with van der Waals surface area (Å²) in [6.07, 6.45) is 1.90. The number of rotatable bonds is 25. The number of benzene rings is 2. The molecule has 0 saturated carbocycles. The van der Waals surface area contributed by atoms with Gasteiger partial charge in [-0.1, -0.05) is 30.7 Å². The molecule has 2 atom stereocenters. The first-order valence-corrected chi connectivity index (χ1v) is 26.7. The van der Waals surface area contributed by atoms with Crippen LogP contribution >= 0.6 is 0 Å². The number of Topliss-reactive ketones (excluding diaryl/α,β-unsaturated/α-hetero) is 1. The molecule has 26 heteroatoms. The zero-order valence-electron chi connectivity index (χ0n) is 43.7. The number of nitrogens with one attached hydrogen (secondary N) is 6. The smallest absolute Gasteiger partial charge is 0.317 e. The number of carboxylic acid groups (broad SMARTS) is 1. The summed E-state index contributed by atoms with van der Waals surface area (Å²) in [6.45, 7) is 9.87. The number of aromatic amines is 1. The Morgan fingerprint density at radius 2 is 1.39 bits per heavy atom. The molecule has 2 aromatic heterocycles. The number of carboxylic acids is 1. The maximum absolute atomic E-state index is 14.0. The number of β-amino-alcohol motifs (C(OH)–C–C–N with tert-alkyl or cyclic N) is 4. The van der Waals surface area contributed by atoms with Gasteiger partial charge in [0.25, 0.3) is 5.91 Å². The number of hydrogen-bond acceptors (Lipinski definition) is 18. The van der Waals surface area contributed by atoms with Gasteiger partial charge in [-0.2, -0.15) is 4.72 Å². The van der Waals surface area contributed by atoms with Crippen molar-refractivity contribution >= 4 is 56.3 Å². The number of aliphatic hydroxyl groups excluding tert-OH is 2. The third-order valence-corrected chi connectivity index (χ3v) is 14.7. The van der Waals surface area contributed by atoms with Gasteiger partial charge < -0.3 is 56.4 Å². The summed E-state index contributed by atoms with van der Waals surface area (Å²) in [5, 5.41) is 60.1. The second-order valence-electron chi connectivity index (χ2n) is 19.1. The fraction of sp³-hybridized carbons (Fsp3) is 0.540. The van der Waals surface area contributed by atoms with E-state index in [1.807, 2.05) is 6.92 Å². The number of hydrogen-bond donors (Lipinski definition) is 11. The predicted octanol–water partition coefficient (Wildman–Crippen LogP) is -1.74. The number of carbonyl (C=O) groups excluding carboxylic acids is 4. The van der Waals surface area contributed by atoms with E-state index in [0.29, 0.717) is 55.2 Å². The second kappa shape index (κ2) is 28.8. The number of sulfonamides is 1. The molecule has 1 saturated heterocycles. The number of fused-ring (bicyclic) bond motifs is 1. The first-order valence-electron chi connectivity index (χ1n) is 25.2. The van der Waals surface area contributed by atoms with Crippen molar-refractivity contribution in [1.29, 1.82) is 0 Å². The number of nitrogens with zero attached hydrogens (tertiary/aromatic N) is 6. The van der Waals surface area contributed by atoms with Crippen LogP contribution in [0, 0.1) is 20.8 Å². The first-order chi connectivity index (χ1) is 36.0. The van der Waals surface area contributed by atoms with Crippen LogP contribution in [0.3, 0.4) is 0 Å². The monoisotopic (exact) mass is 1080 g/mol. The number of H-pyrrole nitrogens is 1. The molecule has 5 rings (SSSR count). The molecule has 0 aliphatic carbocycles. The van der Waals surface area contributed by atoms with Crippen LogP contribution in [0.5, 0.6) is 0 Å². The molecule has 3 heterocycles. The van der Waals surface area contributed by atoms with Gasteiger partial charge in [0.05, 0.1) is 29.5 Å². The van der Waals surface area contributed by atoms with Crippen LogP contribution in [0.4, 0.5) is 5.95 Å². The largest absolute Gasteiger partial charge is 0.480 e. The predicted molar refractivity (Wildman–Crippen MR) is 282 cm³/mol. The summed E-state index contributed by atoms with van der Waals surface area (Å²) in [6, 6.07) is 6.26. The van der Waals surface area contributed by atoms with E-state index in [9.17, 15) is 62.7 Å². The number of pyridine rings is 1. The van der Waals surface area contributed by atoms with Gasteiger partial charge in [-0.15, -0.1) is 0 Å². The molecule has 0 bridgehead atoms. The fourth-order valence-electron chi connectivity index (χ4n) is 9.13. The van der Waals surface area contributed by atoms with Crippen LogP contribution in [0.25, 0.3) is 10.9 Å². The Morgan fingerprint density at radius 3 is 1.93 bits per heavy atom. The topological polar surface area (TPSA) is 344 Å². The number of imidazole rings is 1. The van der Waals surface area contributed by atoms with Crippen molar-refractivity contribution in [2.45, 2.75) is 90.1 Å². The van der Waals surface area contributed by atoms with E-state index < -0.39 is 76.1 Å². The Kier molecular flexibility index (Phi) is 23.0. The van der Waals surface area contributed by atoms with E-state index in [2.05, 4.69) is 36.0 Å². The molecule has 11 N–H and O–H groups in total. The summed E-state index contributed by atoms with van der Waals surface area (Å²) >= 11 is 0. The SMILES string of the molecule is CC[C@H](NC(=O)CN1CCN(CC(=O)O)CCN(CC(O)O)CCN(CC(O)O)CC1)C(=O)NCCCn1cc(C(=O)NCC(NS(=O)(=O)c2c(C)cc(C)cc2C)C(C)=O)c(=O)c2ccc(CNc3ncc[nH]3)cc21. The summed E-state index contributed by atoms with van der Waals surface area (Å²) in [5.74, 6) is -2.87. The Balaban J connectivity index is 1.27. The number of aryl methyl sites for hydroxylation is 4. The third-order valence-electron chi connectivity index (χ3n) is 12.9. The van der Waals surface area contributed by atoms with Crippen molar-refractivity contribution in [2.75, 3.05) is 96.9 Å². The molecule has 4 aromatic rings. The van der Waals surface area contributed by atoms with Gasteiger partial charge in [0, 0.05) is 116 Å². The van der Waals surface area contributed by atoms with Gasteiger partial charge in [-0.05, 0) is 69.4 Å². The highest BCUT2D eigenvalue weighted by molar-refractivity contribution is 7.89. The van der Waals surface area contributed by atoms with E-state index >= 15 is 0 Å². The van der Waals surface area contributed by atoms with E-state index in [4.69, 9.17) is 0 Å². The molecule has 0 spiro atoms. The molecule has 1 aliphatic rings. The Morgan fingerprint density at radius 1 is 0.803 bits per heavy atom. The standard InChI is InChI=1S/C50H74N12O13S/c1-6-39(56-42(64)28-58-14-16-59(29-43(65)66)18-20-61(31-45(69)70)21-19-60(17-15-58)30-44(67)68)49(73)51-10-7-13-62-27-38(46(71)37-9-8-36(24-41(37)62)25-55-50-52-11-12-53-50)48(72)54-26-40(35(5)63)57-76(74,75)47-33(3)22-32(2)23-34(47)4/h8-9,11-12,22-24,27,39-40,43,45,57,65-66,69-70H,6-7,10,13-21,25-26,28-31H2,1-5H3,(H,51,73)(H,54,72)(H,56,64)(H,67,68)(H2,52,53,55)/t39-,40?/m0/s1.